The van der Waals surface area contributed by atoms with E-state index in [-0.39, 0.29) is 5.82 Å². The van der Waals surface area contributed by atoms with E-state index in [2.05, 4.69) is 31.9 Å². The predicted octanol–water partition coefficient (Wildman–Crippen LogP) is 4.64. The number of hydrogen-bond acceptors (Lipinski definition) is 2. The van der Waals surface area contributed by atoms with Crippen molar-refractivity contribution in [2.75, 3.05) is 6.54 Å². The van der Waals surface area contributed by atoms with E-state index < -0.39 is 0 Å². The largest absolute Gasteiger partial charge is 0.456 e. The van der Waals surface area contributed by atoms with E-state index in [0.717, 1.165) is 16.5 Å². The Labute approximate surface area is 128 Å². The summed E-state index contributed by atoms with van der Waals surface area (Å²) in [4.78, 5) is 0. The Morgan fingerprint density at radius 1 is 1.11 bits per heavy atom. The molecule has 2 aromatic carbocycles. The summed E-state index contributed by atoms with van der Waals surface area (Å²) in [5, 5.41) is 0. The van der Waals surface area contributed by atoms with E-state index in [4.69, 9.17) is 10.5 Å². The third-order valence-electron chi connectivity index (χ3n) is 2.49. The molecule has 0 aliphatic rings. The van der Waals surface area contributed by atoms with Crippen molar-refractivity contribution >= 4 is 31.9 Å². The number of nitrogens with two attached hydrogens (primary N) is 1. The quantitative estimate of drug-likeness (QED) is 0.827. The van der Waals surface area contributed by atoms with Gasteiger partial charge in [0.1, 0.15) is 17.3 Å². The van der Waals surface area contributed by atoms with E-state index in [1.807, 2.05) is 18.2 Å². The number of hydrogen-bond donors (Lipinski definition) is 1. The number of halogens is 3. The molecular weight excluding hydrogens is 377 g/mol. The lowest BCUT2D eigenvalue weighted by atomic mass is 10.1. The standard InChI is InChI=1S/C14H12Br2FNO/c15-10-6-11(17)8-12(7-10)19-14-2-1-9(3-4-18)5-13(14)16/h1-2,5-8H,3-4,18H2. The maximum atomic E-state index is 13.3. The van der Waals surface area contributed by atoms with Crippen molar-refractivity contribution in [3.05, 3.63) is 56.7 Å². The van der Waals surface area contributed by atoms with Crippen LogP contribution in [-0.2, 0) is 6.42 Å². The highest BCUT2D eigenvalue weighted by Gasteiger charge is 2.06. The van der Waals surface area contributed by atoms with Gasteiger partial charge < -0.3 is 10.5 Å². The second kappa shape index (κ2) is 6.50. The molecule has 0 bridgehead atoms. The molecule has 0 fully saturated rings. The summed E-state index contributed by atoms with van der Waals surface area (Å²) >= 11 is 6.67. The molecular formula is C14H12Br2FNO. The summed E-state index contributed by atoms with van der Waals surface area (Å²) in [5.41, 5.74) is 6.64. The highest BCUT2D eigenvalue weighted by atomic mass is 79.9. The average Bonchev–Trinajstić information content (AvgIpc) is 2.32. The van der Waals surface area contributed by atoms with Crippen molar-refractivity contribution in [2.45, 2.75) is 6.42 Å². The van der Waals surface area contributed by atoms with Crippen molar-refractivity contribution < 1.29 is 9.13 Å². The van der Waals surface area contributed by atoms with Crippen LogP contribution in [0.15, 0.2) is 45.3 Å². The van der Waals surface area contributed by atoms with Crippen molar-refractivity contribution in [2.24, 2.45) is 5.73 Å². The van der Waals surface area contributed by atoms with Crippen LogP contribution in [0.2, 0.25) is 0 Å². The first-order valence-corrected chi connectivity index (χ1v) is 7.29. The molecule has 0 aliphatic heterocycles. The topological polar surface area (TPSA) is 35.2 Å². The van der Waals surface area contributed by atoms with Crippen LogP contribution in [0, 0.1) is 5.82 Å². The fraction of sp³-hybridized carbons (Fsp3) is 0.143. The molecule has 19 heavy (non-hydrogen) atoms. The lowest BCUT2D eigenvalue weighted by Crippen LogP contribution is -2.02. The molecule has 0 aliphatic carbocycles. The third-order valence-corrected chi connectivity index (χ3v) is 3.57. The highest BCUT2D eigenvalue weighted by Crippen LogP contribution is 2.32. The zero-order valence-corrected chi connectivity index (χ0v) is 13.2. The van der Waals surface area contributed by atoms with Gasteiger partial charge in [0.2, 0.25) is 0 Å². The lowest BCUT2D eigenvalue weighted by Gasteiger charge is -2.09. The van der Waals surface area contributed by atoms with Gasteiger partial charge in [0.25, 0.3) is 0 Å². The summed E-state index contributed by atoms with van der Waals surface area (Å²) in [7, 11) is 0. The Balaban J connectivity index is 2.23. The van der Waals surface area contributed by atoms with Crippen molar-refractivity contribution in [1.29, 1.82) is 0 Å². The zero-order valence-electron chi connectivity index (χ0n) is 10.00. The maximum Gasteiger partial charge on any atom is 0.141 e. The van der Waals surface area contributed by atoms with Crippen LogP contribution in [0.3, 0.4) is 0 Å². The Morgan fingerprint density at radius 3 is 2.53 bits per heavy atom. The lowest BCUT2D eigenvalue weighted by molar-refractivity contribution is 0.473. The fourth-order valence-electron chi connectivity index (χ4n) is 1.66. The maximum absolute atomic E-state index is 13.3. The van der Waals surface area contributed by atoms with Gasteiger partial charge in [0.05, 0.1) is 4.47 Å². The molecule has 100 valence electrons. The van der Waals surface area contributed by atoms with Crippen molar-refractivity contribution in [3.63, 3.8) is 0 Å². The molecule has 5 heteroatoms. The monoisotopic (exact) mass is 387 g/mol. The van der Waals surface area contributed by atoms with Crippen LogP contribution < -0.4 is 10.5 Å². The minimum atomic E-state index is -0.347. The molecule has 0 radical (unpaired) electrons. The van der Waals surface area contributed by atoms with Gasteiger partial charge in [-0.15, -0.1) is 0 Å². The molecule has 2 aromatic rings. The first-order valence-electron chi connectivity index (χ1n) is 5.71. The summed E-state index contributed by atoms with van der Waals surface area (Å²) in [6, 6.07) is 10.2. The van der Waals surface area contributed by atoms with Crippen LogP contribution >= 0.6 is 31.9 Å². The smallest absolute Gasteiger partial charge is 0.141 e. The summed E-state index contributed by atoms with van der Waals surface area (Å²) in [6.07, 6.45) is 0.810. The van der Waals surface area contributed by atoms with Gasteiger partial charge in [-0.2, -0.15) is 0 Å². The van der Waals surface area contributed by atoms with Gasteiger partial charge in [0.15, 0.2) is 0 Å². The van der Waals surface area contributed by atoms with E-state index in [9.17, 15) is 4.39 Å². The minimum absolute atomic E-state index is 0.347. The second-order valence-corrected chi connectivity index (χ2v) is 5.78. The van der Waals surface area contributed by atoms with Gasteiger partial charge in [-0.05, 0) is 58.7 Å². The van der Waals surface area contributed by atoms with Crippen LogP contribution in [-0.4, -0.2) is 6.54 Å². The fourth-order valence-corrected chi connectivity index (χ4v) is 2.62. The molecule has 2 N–H and O–H groups in total. The average molecular weight is 389 g/mol. The van der Waals surface area contributed by atoms with Gasteiger partial charge in [-0.1, -0.05) is 22.0 Å². The summed E-state index contributed by atoms with van der Waals surface area (Å²) in [5.74, 6) is 0.734. The number of benzene rings is 2. The Hall–Kier alpha value is -0.910. The summed E-state index contributed by atoms with van der Waals surface area (Å²) in [6.45, 7) is 0.601. The molecule has 0 amide bonds. The van der Waals surface area contributed by atoms with Gasteiger partial charge >= 0.3 is 0 Å². The minimum Gasteiger partial charge on any atom is -0.456 e. The van der Waals surface area contributed by atoms with Gasteiger partial charge in [-0.3, -0.25) is 0 Å². The molecule has 2 nitrogen and oxygen atoms in total. The third kappa shape index (κ3) is 4.03. The van der Waals surface area contributed by atoms with Crippen molar-refractivity contribution in [3.8, 4) is 11.5 Å². The second-order valence-electron chi connectivity index (χ2n) is 4.01. The summed E-state index contributed by atoms with van der Waals surface area (Å²) < 4.78 is 20.4. The first-order chi connectivity index (χ1) is 9.08. The number of ether oxygens (including phenoxy) is 1. The molecule has 0 spiro atoms. The molecule has 2 rings (SSSR count). The van der Waals surface area contributed by atoms with Gasteiger partial charge in [-0.25, -0.2) is 4.39 Å². The van der Waals surface area contributed by atoms with Gasteiger partial charge in [0, 0.05) is 10.5 Å². The first kappa shape index (κ1) is 14.5. The van der Waals surface area contributed by atoms with E-state index >= 15 is 0 Å². The Morgan fingerprint density at radius 2 is 1.89 bits per heavy atom. The Kier molecular flexibility index (Phi) is 4.96. The normalized spacial score (nSPS) is 10.5. The van der Waals surface area contributed by atoms with Crippen molar-refractivity contribution in [1.82, 2.24) is 0 Å². The Bertz CT molecular complexity index is 569. The molecule has 0 saturated carbocycles. The molecule has 0 aromatic heterocycles. The van der Waals surface area contributed by atoms with Crippen LogP contribution in [0.4, 0.5) is 4.39 Å². The zero-order chi connectivity index (χ0) is 13.8. The van der Waals surface area contributed by atoms with Crippen LogP contribution in [0.1, 0.15) is 5.56 Å². The van der Waals surface area contributed by atoms with E-state index in [0.29, 0.717) is 22.5 Å². The molecule has 0 heterocycles. The molecule has 0 atom stereocenters. The van der Waals surface area contributed by atoms with Crippen LogP contribution in [0.5, 0.6) is 11.5 Å². The molecule has 0 unspecified atom stereocenters. The highest BCUT2D eigenvalue weighted by molar-refractivity contribution is 9.10. The number of rotatable bonds is 4. The SMILES string of the molecule is NCCc1ccc(Oc2cc(F)cc(Br)c2)c(Br)c1. The predicted molar refractivity (Wildman–Crippen MR) is 81.1 cm³/mol. The molecule has 0 saturated heterocycles. The van der Waals surface area contributed by atoms with E-state index in [1.165, 1.54) is 12.1 Å². The van der Waals surface area contributed by atoms with E-state index in [1.54, 1.807) is 6.07 Å². The van der Waals surface area contributed by atoms with Crippen LogP contribution in [0.25, 0.3) is 0 Å².